The van der Waals surface area contributed by atoms with Gasteiger partial charge in [-0.25, -0.2) is 0 Å². The summed E-state index contributed by atoms with van der Waals surface area (Å²) in [6, 6.07) is 13.5. The number of hydrogen-bond donors (Lipinski definition) is 2. The molecule has 0 saturated carbocycles. The van der Waals surface area contributed by atoms with Crippen LogP contribution in [0.25, 0.3) is 0 Å². The fourth-order valence-electron chi connectivity index (χ4n) is 2.28. The van der Waals surface area contributed by atoms with Gasteiger partial charge in [-0.1, -0.05) is 35.9 Å². The normalized spacial score (nSPS) is 10.6. The molecule has 0 spiro atoms. The van der Waals surface area contributed by atoms with Crippen LogP contribution in [-0.2, 0) is 13.1 Å². The van der Waals surface area contributed by atoms with Crippen molar-refractivity contribution in [3.63, 3.8) is 0 Å². The van der Waals surface area contributed by atoms with Crippen molar-refractivity contribution in [1.29, 1.82) is 0 Å². The monoisotopic (exact) mass is 475 g/mol. The van der Waals surface area contributed by atoms with Gasteiger partial charge in [0.2, 0.25) is 0 Å². The number of halogens is 2. The zero-order valence-electron chi connectivity index (χ0n) is 14.5. The average molecular weight is 476 g/mol. The number of ether oxygens (including phenoxy) is 2. The van der Waals surface area contributed by atoms with Crippen LogP contribution in [0.15, 0.2) is 47.5 Å². The molecule has 0 fully saturated rings. The molecule has 25 heavy (non-hydrogen) atoms. The highest BCUT2D eigenvalue weighted by molar-refractivity contribution is 14.0. The summed E-state index contributed by atoms with van der Waals surface area (Å²) in [7, 11) is 5.00. The van der Waals surface area contributed by atoms with Crippen molar-refractivity contribution in [3.05, 3.63) is 58.6 Å². The van der Waals surface area contributed by atoms with Crippen LogP contribution in [0.5, 0.6) is 11.5 Å². The molecule has 0 saturated heterocycles. The van der Waals surface area contributed by atoms with E-state index in [0.29, 0.717) is 24.8 Å². The minimum atomic E-state index is 0. The van der Waals surface area contributed by atoms with Gasteiger partial charge in [-0.15, -0.1) is 24.0 Å². The summed E-state index contributed by atoms with van der Waals surface area (Å²) in [6.45, 7) is 1.23. The van der Waals surface area contributed by atoms with Gasteiger partial charge in [0.1, 0.15) is 0 Å². The summed E-state index contributed by atoms with van der Waals surface area (Å²) in [6.07, 6.45) is 0. The van der Waals surface area contributed by atoms with E-state index in [2.05, 4.69) is 15.6 Å². The van der Waals surface area contributed by atoms with E-state index < -0.39 is 0 Å². The third-order valence-corrected chi connectivity index (χ3v) is 3.78. The van der Waals surface area contributed by atoms with Crippen LogP contribution in [0.4, 0.5) is 0 Å². The van der Waals surface area contributed by atoms with Crippen molar-refractivity contribution in [2.24, 2.45) is 4.99 Å². The molecule has 0 aliphatic carbocycles. The van der Waals surface area contributed by atoms with Gasteiger partial charge in [0, 0.05) is 30.7 Å². The number of rotatable bonds is 6. The van der Waals surface area contributed by atoms with Crippen molar-refractivity contribution in [3.8, 4) is 11.5 Å². The van der Waals surface area contributed by atoms with Crippen LogP contribution in [0.2, 0.25) is 5.02 Å². The van der Waals surface area contributed by atoms with Gasteiger partial charge in [-0.3, -0.25) is 4.99 Å². The first kappa shape index (κ1) is 21.4. The number of para-hydroxylation sites is 1. The van der Waals surface area contributed by atoms with Gasteiger partial charge in [0.05, 0.1) is 14.2 Å². The third-order valence-electron chi connectivity index (χ3n) is 3.53. The van der Waals surface area contributed by atoms with Gasteiger partial charge in [0.15, 0.2) is 17.5 Å². The molecule has 7 heteroatoms. The molecule has 0 aliphatic heterocycles. The van der Waals surface area contributed by atoms with Gasteiger partial charge in [0.25, 0.3) is 0 Å². The van der Waals surface area contributed by atoms with Crippen molar-refractivity contribution in [1.82, 2.24) is 10.6 Å². The van der Waals surface area contributed by atoms with Gasteiger partial charge in [-0.2, -0.15) is 0 Å². The molecule has 2 rings (SSSR count). The van der Waals surface area contributed by atoms with Gasteiger partial charge < -0.3 is 20.1 Å². The Bertz CT molecular complexity index is 693. The van der Waals surface area contributed by atoms with E-state index in [1.165, 1.54) is 0 Å². The highest BCUT2D eigenvalue weighted by Gasteiger charge is 2.09. The fraction of sp³-hybridized carbons (Fsp3) is 0.278. The molecule has 5 nitrogen and oxygen atoms in total. The van der Waals surface area contributed by atoms with Crippen LogP contribution < -0.4 is 20.1 Å². The standard InChI is InChI=1S/C18H22ClN3O2.HI/c1-20-18(21-11-13-7-9-15(19)10-8-13)22-12-14-5-4-6-16(23-2)17(14)24-3;/h4-10H,11-12H2,1-3H3,(H2,20,21,22);1H. The first-order valence-electron chi connectivity index (χ1n) is 7.56. The SMILES string of the molecule is CN=C(NCc1ccc(Cl)cc1)NCc1cccc(OC)c1OC.I. The number of methoxy groups -OCH3 is 2. The zero-order chi connectivity index (χ0) is 17.4. The first-order valence-corrected chi connectivity index (χ1v) is 7.94. The second kappa shape index (κ2) is 11.0. The van der Waals surface area contributed by atoms with E-state index in [-0.39, 0.29) is 24.0 Å². The Kier molecular flexibility index (Phi) is 9.44. The lowest BCUT2D eigenvalue weighted by Crippen LogP contribution is -2.36. The second-order valence-corrected chi connectivity index (χ2v) is 5.49. The maximum absolute atomic E-state index is 5.89. The number of aliphatic imine (C=N–C) groups is 1. The van der Waals surface area contributed by atoms with Crippen LogP contribution in [0, 0.1) is 0 Å². The molecule has 0 atom stereocenters. The molecule has 0 amide bonds. The van der Waals surface area contributed by atoms with Crippen molar-refractivity contribution in [2.45, 2.75) is 13.1 Å². The summed E-state index contributed by atoms with van der Waals surface area (Å²) < 4.78 is 10.8. The number of nitrogens with zero attached hydrogens (tertiary/aromatic N) is 1. The van der Waals surface area contributed by atoms with Crippen molar-refractivity contribution >= 4 is 41.5 Å². The molecule has 2 aromatic rings. The number of nitrogens with one attached hydrogen (secondary N) is 2. The zero-order valence-corrected chi connectivity index (χ0v) is 17.6. The Morgan fingerprint density at radius 3 is 2.28 bits per heavy atom. The predicted molar refractivity (Wildman–Crippen MR) is 113 cm³/mol. The second-order valence-electron chi connectivity index (χ2n) is 5.06. The maximum atomic E-state index is 5.89. The van der Waals surface area contributed by atoms with Crippen LogP contribution in [0.3, 0.4) is 0 Å². The number of benzene rings is 2. The molecule has 2 N–H and O–H groups in total. The van der Waals surface area contributed by atoms with Gasteiger partial charge in [-0.05, 0) is 23.8 Å². The maximum Gasteiger partial charge on any atom is 0.191 e. The predicted octanol–water partition coefficient (Wildman–Crippen LogP) is 3.84. The topological polar surface area (TPSA) is 54.9 Å². The summed E-state index contributed by atoms with van der Waals surface area (Å²) in [5.74, 6) is 2.14. The first-order chi connectivity index (χ1) is 11.7. The lowest BCUT2D eigenvalue weighted by Gasteiger charge is -2.15. The molecule has 0 unspecified atom stereocenters. The van der Waals surface area contributed by atoms with E-state index >= 15 is 0 Å². The Labute approximate surface area is 170 Å². The van der Waals surface area contributed by atoms with Crippen LogP contribution in [-0.4, -0.2) is 27.2 Å². The summed E-state index contributed by atoms with van der Waals surface area (Å²) in [4.78, 5) is 4.23. The molecule has 0 bridgehead atoms. The average Bonchev–Trinajstić information content (AvgIpc) is 2.62. The smallest absolute Gasteiger partial charge is 0.191 e. The summed E-state index contributed by atoms with van der Waals surface area (Å²) in [5, 5.41) is 7.26. The summed E-state index contributed by atoms with van der Waals surface area (Å²) in [5.41, 5.74) is 2.12. The minimum absolute atomic E-state index is 0. The lowest BCUT2D eigenvalue weighted by molar-refractivity contribution is 0.351. The third kappa shape index (κ3) is 6.28. The Balaban J connectivity index is 0.00000312. The largest absolute Gasteiger partial charge is 0.493 e. The molecule has 0 aliphatic rings. The van der Waals surface area contributed by atoms with Crippen LogP contribution in [0.1, 0.15) is 11.1 Å². The summed E-state index contributed by atoms with van der Waals surface area (Å²) >= 11 is 5.89. The molecular weight excluding hydrogens is 453 g/mol. The van der Waals surface area contributed by atoms with E-state index in [0.717, 1.165) is 21.9 Å². The van der Waals surface area contributed by atoms with E-state index in [1.54, 1.807) is 21.3 Å². The molecule has 0 heterocycles. The Hall–Kier alpha value is -1.67. The minimum Gasteiger partial charge on any atom is -0.493 e. The molecule has 0 aromatic heterocycles. The highest BCUT2D eigenvalue weighted by Crippen LogP contribution is 2.30. The number of hydrogen-bond acceptors (Lipinski definition) is 3. The van der Waals surface area contributed by atoms with Crippen molar-refractivity contribution < 1.29 is 9.47 Å². The van der Waals surface area contributed by atoms with Gasteiger partial charge >= 0.3 is 0 Å². The Morgan fingerprint density at radius 2 is 1.68 bits per heavy atom. The van der Waals surface area contributed by atoms with Crippen molar-refractivity contribution in [2.75, 3.05) is 21.3 Å². The quantitative estimate of drug-likeness (QED) is 0.379. The molecule has 136 valence electrons. The van der Waals surface area contributed by atoms with E-state index in [9.17, 15) is 0 Å². The molecule has 2 aromatic carbocycles. The Morgan fingerprint density at radius 1 is 1.00 bits per heavy atom. The molecule has 0 radical (unpaired) electrons. The van der Waals surface area contributed by atoms with E-state index in [4.69, 9.17) is 21.1 Å². The number of guanidine groups is 1. The molecular formula is C18H23ClIN3O2. The lowest BCUT2D eigenvalue weighted by atomic mass is 10.2. The van der Waals surface area contributed by atoms with E-state index in [1.807, 2.05) is 42.5 Å². The highest BCUT2D eigenvalue weighted by atomic mass is 127. The van der Waals surface area contributed by atoms with Crippen LogP contribution >= 0.6 is 35.6 Å². The fourth-order valence-corrected chi connectivity index (χ4v) is 2.41.